The zero-order chi connectivity index (χ0) is 13.8. The van der Waals surface area contributed by atoms with Gasteiger partial charge in [-0.05, 0) is 26.1 Å². The molecule has 1 amide bonds. The molecule has 1 unspecified atom stereocenters. The smallest absolute Gasteiger partial charge is 0.355 e. The van der Waals surface area contributed by atoms with Gasteiger partial charge < -0.3 is 10.6 Å². The summed E-state index contributed by atoms with van der Waals surface area (Å²) in [5, 5.41) is 5.76. The third kappa shape index (κ3) is 8.14. The number of nitrogens with one attached hydrogen (secondary N) is 2. The van der Waals surface area contributed by atoms with Crippen LogP contribution in [0, 0.1) is 11.8 Å². The third-order valence-electron chi connectivity index (χ3n) is 3.18. The maximum Gasteiger partial charge on any atom is 0.401 e. The van der Waals surface area contributed by atoms with E-state index in [1.54, 1.807) is 0 Å². The maximum absolute atomic E-state index is 12.0. The minimum absolute atomic E-state index is 0. The van der Waals surface area contributed by atoms with Crippen LogP contribution in [0.25, 0.3) is 0 Å². The van der Waals surface area contributed by atoms with E-state index in [0.29, 0.717) is 5.92 Å². The van der Waals surface area contributed by atoms with Crippen molar-refractivity contribution in [1.29, 1.82) is 0 Å². The lowest BCUT2D eigenvalue weighted by atomic mass is 9.88. The fourth-order valence-electron chi connectivity index (χ4n) is 1.79. The topological polar surface area (TPSA) is 44.4 Å². The monoisotopic (exact) mass is 339 g/mol. The highest BCUT2D eigenvalue weighted by atomic mass is 35.5. The first-order valence-electron chi connectivity index (χ1n) is 6.03. The third-order valence-corrected chi connectivity index (χ3v) is 3.18. The van der Waals surface area contributed by atoms with E-state index in [1.807, 2.05) is 6.92 Å². The van der Waals surface area contributed by atoms with Crippen LogP contribution in [-0.4, -0.2) is 56.8 Å². The van der Waals surface area contributed by atoms with Crippen LogP contribution in [0.5, 0.6) is 0 Å². The first-order chi connectivity index (χ1) is 8.29. The Kier molecular flexibility index (Phi) is 10.6. The summed E-state index contributed by atoms with van der Waals surface area (Å²) in [5.74, 6) is 0.180. The lowest BCUT2D eigenvalue weighted by molar-refractivity contribution is -0.142. The average molecular weight is 340 g/mol. The van der Waals surface area contributed by atoms with Crippen LogP contribution in [0.1, 0.15) is 6.92 Å². The van der Waals surface area contributed by atoms with E-state index in [4.69, 9.17) is 0 Å². The van der Waals surface area contributed by atoms with Crippen molar-refractivity contribution in [3.63, 3.8) is 0 Å². The van der Waals surface area contributed by atoms with Crippen LogP contribution in [0.4, 0.5) is 13.2 Å². The largest absolute Gasteiger partial charge is 0.401 e. The molecule has 0 radical (unpaired) electrons. The molecule has 1 atom stereocenters. The molecule has 0 aromatic carbocycles. The first-order valence-corrected chi connectivity index (χ1v) is 6.03. The average Bonchev–Trinajstić information content (AvgIpc) is 2.11. The number of amides is 1. The van der Waals surface area contributed by atoms with Gasteiger partial charge in [-0.2, -0.15) is 13.2 Å². The quantitative estimate of drug-likeness (QED) is 0.766. The van der Waals surface area contributed by atoms with Crippen molar-refractivity contribution in [3.05, 3.63) is 0 Å². The van der Waals surface area contributed by atoms with Crippen molar-refractivity contribution >= 4 is 30.7 Å². The fourth-order valence-corrected chi connectivity index (χ4v) is 1.79. The molecular weight excluding hydrogens is 318 g/mol. The van der Waals surface area contributed by atoms with E-state index in [9.17, 15) is 18.0 Å². The second-order valence-electron chi connectivity index (χ2n) is 4.85. The van der Waals surface area contributed by atoms with Crippen LogP contribution in [0.15, 0.2) is 0 Å². The Morgan fingerprint density at radius 3 is 2.35 bits per heavy atom. The number of halogens is 5. The van der Waals surface area contributed by atoms with E-state index < -0.39 is 12.7 Å². The van der Waals surface area contributed by atoms with Gasteiger partial charge in [0.05, 0.1) is 6.54 Å². The molecule has 0 aromatic heterocycles. The van der Waals surface area contributed by atoms with Gasteiger partial charge in [0, 0.05) is 19.0 Å². The molecular formula is C11H22Cl2F3N3O. The molecule has 0 spiro atoms. The summed E-state index contributed by atoms with van der Waals surface area (Å²) in [6.45, 7) is 3.01. The highest BCUT2D eigenvalue weighted by Gasteiger charge is 2.30. The van der Waals surface area contributed by atoms with E-state index in [1.165, 1.54) is 7.05 Å². The molecule has 1 heterocycles. The van der Waals surface area contributed by atoms with Crippen LogP contribution in [0.2, 0.25) is 0 Å². The van der Waals surface area contributed by atoms with E-state index in [0.717, 1.165) is 18.0 Å². The summed E-state index contributed by atoms with van der Waals surface area (Å²) in [4.78, 5) is 12.8. The first kappa shape index (κ1) is 22.0. The number of rotatable bonds is 6. The lowest BCUT2D eigenvalue weighted by Gasteiger charge is -2.31. The Balaban J connectivity index is 0. The molecule has 1 fully saturated rings. The molecule has 9 heteroatoms. The molecule has 20 heavy (non-hydrogen) atoms. The van der Waals surface area contributed by atoms with Gasteiger partial charge in [-0.3, -0.25) is 9.69 Å². The summed E-state index contributed by atoms with van der Waals surface area (Å²) in [6.07, 6.45) is -4.19. The summed E-state index contributed by atoms with van der Waals surface area (Å²) < 4.78 is 36.1. The van der Waals surface area contributed by atoms with Crippen molar-refractivity contribution in [2.75, 3.05) is 39.8 Å². The van der Waals surface area contributed by atoms with Gasteiger partial charge in [0.15, 0.2) is 0 Å². The van der Waals surface area contributed by atoms with Crippen molar-refractivity contribution in [2.45, 2.75) is 13.1 Å². The van der Waals surface area contributed by atoms with Crippen molar-refractivity contribution in [1.82, 2.24) is 15.5 Å². The molecule has 122 valence electrons. The number of carbonyl (C=O) groups is 1. The van der Waals surface area contributed by atoms with E-state index in [-0.39, 0.29) is 49.7 Å². The Morgan fingerprint density at radius 1 is 1.40 bits per heavy atom. The predicted molar refractivity (Wildman–Crippen MR) is 76.6 cm³/mol. The zero-order valence-corrected chi connectivity index (χ0v) is 13.1. The zero-order valence-electron chi connectivity index (χ0n) is 11.5. The molecule has 1 saturated heterocycles. The van der Waals surface area contributed by atoms with Gasteiger partial charge >= 0.3 is 6.18 Å². The number of alkyl halides is 3. The number of nitrogens with zero attached hydrogens (tertiary/aromatic N) is 1. The summed E-state index contributed by atoms with van der Waals surface area (Å²) in [7, 11) is 1.39. The van der Waals surface area contributed by atoms with Crippen LogP contribution >= 0.6 is 24.8 Å². The normalized spacial score (nSPS) is 16.7. The molecule has 2 N–H and O–H groups in total. The van der Waals surface area contributed by atoms with Crippen molar-refractivity contribution < 1.29 is 18.0 Å². The Bertz CT molecular complexity index is 289. The number of hydrogen-bond donors (Lipinski definition) is 2. The minimum atomic E-state index is -4.19. The Labute approximate surface area is 129 Å². The van der Waals surface area contributed by atoms with E-state index in [2.05, 4.69) is 10.6 Å². The van der Waals surface area contributed by atoms with Gasteiger partial charge in [-0.15, -0.1) is 24.8 Å². The van der Waals surface area contributed by atoms with Crippen LogP contribution in [-0.2, 0) is 4.79 Å². The number of hydrogen-bond acceptors (Lipinski definition) is 3. The lowest BCUT2D eigenvalue weighted by Crippen LogP contribution is -2.50. The molecule has 0 saturated carbocycles. The van der Waals surface area contributed by atoms with Crippen LogP contribution in [0.3, 0.4) is 0 Å². The predicted octanol–water partition coefficient (Wildman–Crippen LogP) is 1.30. The molecule has 0 aromatic rings. The van der Waals surface area contributed by atoms with Crippen LogP contribution < -0.4 is 10.6 Å². The maximum atomic E-state index is 12.0. The van der Waals surface area contributed by atoms with Gasteiger partial charge in [-0.1, -0.05) is 6.92 Å². The van der Waals surface area contributed by atoms with Gasteiger partial charge in [0.1, 0.15) is 0 Å². The molecule has 1 aliphatic rings. The molecule has 1 rings (SSSR count). The van der Waals surface area contributed by atoms with E-state index >= 15 is 0 Å². The second-order valence-corrected chi connectivity index (χ2v) is 4.85. The van der Waals surface area contributed by atoms with Crippen molar-refractivity contribution in [2.24, 2.45) is 11.8 Å². The van der Waals surface area contributed by atoms with Gasteiger partial charge in [-0.25, -0.2) is 0 Å². The summed E-state index contributed by atoms with van der Waals surface area (Å²) >= 11 is 0. The molecule has 1 aliphatic heterocycles. The van der Waals surface area contributed by atoms with Gasteiger partial charge in [0.25, 0.3) is 0 Å². The fraction of sp³-hybridized carbons (Fsp3) is 0.909. The Hall–Kier alpha value is -0.240. The number of carbonyl (C=O) groups excluding carboxylic acids is 1. The highest BCUT2D eigenvalue weighted by molar-refractivity contribution is 5.85. The van der Waals surface area contributed by atoms with Gasteiger partial charge in [0.2, 0.25) is 5.91 Å². The molecule has 4 nitrogen and oxygen atoms in total. The highest BCUT2D eigenvalue weighted by Crippen LogP contribution is 2.16. The SMILES string of the molecule is CC(C(=O)NCCN(C)CC(F)(F)F)C1CNC1.Cl.Cl. The standard InChI is InChI=1S/C11H20F3N3O.2ClH/c1-8(9-5-15-6-9)10(18)16-3-4-17(2)7-11(12,13)14;;/h8-9,15H,3-7H2,1-2H3,(H,16,18);2*1H. The Morgan fingerprint density at radius 2 is 1.95 bits per heavy atom. The second kappa shape index (κ2) is 9.65. The molecule has 0 aliphatic carbocycles. The van der Waals surface area contributed by atoms with Crippen molar-refractivity contribution in [3.8, 4) is 0 Å². The summed E-state index contributed by atoms with van der Waals surface area (Å²) in [6, 6.07) is 0. The minimum Gasteiger partial charge on any atom is -0.355 e. The number of likely N-dealkylation sites (N-methyl/N-ethyl adjacent to an activating group) is 1. The summed E-state index contributed by atoms with van der Waals surface area (Å²) in [5.41, 5.74) is 0. The molecule has 0 bridgehead atoms.